The molecule has 0 bridgehead atoms. The summed E-state index contributed by atoms with van der Waals surface area (Å²) in [7, 11) is 0. The third-order valence-electron chi connectivity index (χ3n) is 1.92. The van der Waals surface area contributed by atoms with Crippen molar-refractivity contribution >= 4 is 0 Å². The first kappa shape index (κ1) is 9.85. The molecule has 0 saturated heterocycles. The van der Waals surface area contributed by atoms with Gasteiger partial charge in [0.15, 0.2) is 5.82 Å². The number of imidazole rings is 1. The topological polar surface area (TPSA) is 79.6 Å². The zero-order valence-corrected chi connectivity index (χ0v) is 8.74. The van der Waals surface area contributed by atoms with Crippen LogP contribution in [0.4, 0.5) is 0 Å². The zero-order chi connectivity index (χ0) is 10.7. The Bertz CT molecular complexity index is 393. The first-order chi connectivity index (χ1) is 7.24. The summed E-state index contributed by atoms with van der Waals surface area (Å²) in [5.74, 6) is 2.18. The second-order valence-electron chi connectivity index (χ2n) is 3.33. The molecular formula is C9H13N5O. The minimum absolute atomic E-state index is 0.587. The van der Waals surface area contributed by atoms with Gasteiger partial charge in [0.2, 0.25) is 5.89 Å². The molecule has 2 heterocycles. The second kappa shape index (κ2) is 4.22. The third kappa shape index (κ3) is 2.63. The fraction of sp³-hybridized carbons (Fsp3) is 0.444. The number of H-pyrrole nitrogens is 1. The molecule has 2 rings (SSSR count). The van der Waals surface area contributed by atoms with Crippen molar-refractivity contribution in [3.05, 3.63) is 29.4 Å². The highest BCUT2D eigenvalue weighted by molar-refractivity contribution is 4.99. The molecule has 2 aromatic rings. The normalized spacial score (nSPS) is 10.8. The molecule has 0 atom stereocenters. The summed E-state index contributed by atoms with van der Waals surface area (Å²) >= 11 is 0. The van der Waals surface area contributed by atoms with Gasteiger partial charge in [-0.3, -0.25) is 0 Å². The van der Waals surface area contributed by atoms with Gasteiger partial charge < -0.3 is 14.8 Å². The van der Waals surface area contributed by atoms with Crippen LogP contribution in [-0.4, -0.2) is 20.1 Å². The molecule has 0 saturated carbocycles. The SMILES string of the molecule is Cc1ncc(CNCc2noc(C)n2)[nH]1. The van der Waals surface area contributed by atoms with Crippen molar-refractivity contribution in [3.63, 3.8) is 0 Å². The predicted molar refractivity (Wildman–Crippen MR) is 52.9 cm³/mol. The van der Waals surface area contributed by atoms with E-state index in [0.29, 0.717) is 24.8 Å². The number of nitrogens with one attached hydrogen (secondary N) is 2. The Morgan fingerprint density at radius 2 is 2.27 bits per heavy atom. The van der Waals surface area contributed by atoms with Crippen LogP contribution in [0.15, 0.2) is 10.7 Å². The monoisotopic (exact) mass is 207 g/mol. The standard InChI is InChI=1S/C9H13N5O/c1-6-11-4-8(12-6)3-10-5-9-13-7(2)15-14-9/h4,10H,3,5H2,1-2H3,(H,11,12). The van der Waals surface area contributed by atoms with Crippen LogP contribution in [0, 0.1) is 13.8 Å². The summed E-state index contributed by atoms with van der Waals surface area (Å²) in [6, 6.07) is 0. The molecule has 6 nitrogen and oxygen atoms in total. The van der Waals surface area contributed by atoms with Crippen molar-refractivity contribution in [1.29, 1.82) is 0 Å². The maximum Gasteiger partial charge on any atom is 0.223 e. The lowest BCUT2D eigenvalue weighted by Crippen LogP contribution is -2.13. The Kier molecular flexibility index (Phi) is 2.77. The highest BCUT2D eigenvalue weighted by Crippen LogP contribution is 1.97. The fourth-order valence-electron chi connectivity index (χ4n) is 1.28. The van der Waals surface area contributed by atoms with Crippen LogP contribution in [0.5, 0.6) is 0 Å². The molecule has 80 valence electrons. The second-order valence-corrected chi connectivity index (χ2v) is 3.33. The summed E-state index contributed by atoms with van der Waals surface area (Å²) in [5.41, 5.74) is 1.05. The molecule has 0 aliphatic heterocycles. The van der Waals surface area contributed by atoms with Crippen molar-refractivity contribution in [1.82, 2.24) is 25.4 Å². The van der Waals surface area contributed by atoms with E-state index in [4.69, 9.17) is 4.52 Å². The maximum absolute atomic E-state index is 4.85. The van der Waals surface area contributed by atoms with Crippen LogP contribution in [0.2, 0.25) is 0 Å². The zero-order valence-electron chi connectivity index (χ0n) is 8.74. The van der Waals surface area contributed by atoms with Crippen molar-refractivity contribution in [3.8, 4) is 0 Å². The predicted octanol–water partition coefficient (Wildman–Crippen LogP) is 0.699. The quantitative estimate of drug-likeness (QED) is 0.771. The van der Waals surface area contributed by atoms with Gasteiger partial charge in [-0.25, -0.2) is 4.98 Å². The summed E-state index contributed by atoms with van der Waals surface area (Å²) in [5, 5.41) is 6.97. The van der Waals surface area contributed by atoms with Crippen molar-refractivity contribution in [2.45, 2.75) is 26.9 Å². The van der Waals surface area contributed by atoms with E-state index in [1.54, 1.807) is 6.92 Å². The molecule has 0 aliphatic carbocycles. The molecule has 0 aromatic carbocycles. The fourth-order valence-corrected chi connectivity index (χ4v) is 1.28. The van der Waals surface area contributed by atoms with E-state index < -0.39 is 0 Å². The van der Waals surface area contributed by atoms with Crippen molar-refractivity contribution < 1.29 is 4.52 Å². The minimum Gasteiger partial charge on any atom is -0.345 e. The van der Waals surface area contributed by atoms with Gasteiger partial charge in [0.1, 0.15) is 5.82 Å². The number of hydrogen-bond acceptors (Lipinski definition) is 5. The molecule has 15 heavy (non-hydrogen) atoms. The Balaban J connectivity index is 1.80. The lowest BCUT2D eigenvalue weighted by atomic mass is 10.4. The molecule has 0 spiro atoms. The smallest absolute Gasteiger partial charge is 0.223 e. The van der Waals surface area contributed by atoms with Gasteiger partial charge in [0.05, 0.1) is 6.54 Å². The average molecular weight is 207 g/mol. The van der Waals surface area contributed by atoms with E-state index in [2.05, 4.69) is 25.4 Å². The number of aromatic nitrogens is 4. The third-order valence-corrected chi connectivity index (χ3v) is 1.92. The van der Waals surface area contributed by atoms with E-state index in [1.165, 1.54) is 0 Å². The Hall–Kier alpha value is -1.69. The van der Waals surface area contributed by atoms with Crippen LogP contribution in [0.25, 0.3) is 0 Å². The van der Waals surface area contributed by atoms with E-state index in [0.717, 1.165) is 11.5 Å². The molecule has 2 N–H and O–H groups in total. The highest BCUT2D eigenvalue weighted by atomic mass is 16.5. The van der Waals surface area contributed by atoms with Crippen LogP contribution < -0.4 is 5.32 Å². The van der Waals surface area contributed by atoms with Crippen molar-refractivity contribution in [2.24, 2.45) is 0 Å². The van der Waals surface area contributed by atoms with Gasteiger partial charge in [-0.05, 0) is 6.92 Å². The number of hydrogen-bond donors (Lipinski definition) is 2. The lowest BCUT2D eigenvalue weighted by molar-refractivity contribution is 0.385. The lowest BCUT2D eigenvalue weighted by Gasteiger charge is -1.97. The number of aryl methyl sites for hydroxylation is 2. The molecule has 6 heteroatoms. The Morgan fingerprint density at radius 1 is 1.40 bits per heavy atom. The van der Waals surface area contributed by atoms with E-state index in [1.807, 2.05) is 13.1 Å². The van der Waals surface area contributed by atoms with Gasteiger partial charge in [0.25, 0.3) is 0 Å². The summed E-state index contributed by atoms with van der Waals surface area (Å²) in [6.45, 7) is 5.00. The average Bonchev–Trinajstić information content (AvgIpc) is 2.76. The van der Waals surface area contributed by atoms with Gasteiger partial charge in [-0.2, -0.15) is 4.98 Å². The molecular weight excluding hydrogens is 194 g/mol. The van der Waals surface area contributed by atoms with Crippen LogP contribution in [-0.2, 0) is 13.1 Å². The number of nitrogens with zero attached hydrogens (tertiary/aromatic N) is 3. The first-order valence-corrected chi connectivity index (χ1v) is 4.74. The van der Waals surface area contributed by atoms with Crippen LogP contribution in [0.1, 0.15) is 23.2 Å². The molecule has 0 amide bonds. The molecule has 2 aromatic heterocycles. The number of rotatable bonds is 4. The van der Waals surface area contributed by atoms with E-state index >= 15 is 0 Å². The molecule has 0 radical (unpaired) electrons. The maximum atomic E-state index is 4.85. The van der Waals surface area contributed by atoms with Gasteiger partial charge >= 0.3 is 0 Å². The summed E-state index contributed by atoms with van der Waals surface area (Å²) < 4.78 is 4.85. The van der Waals surface area contributed by atoms with E-state index in [9.17, 15) is 0 Å². The van der Waals surface area contributed by atoms with Crippen LogP contribution in [0.3, 0.4) is 0 Å². The molecule has 0 aliphatic rings. The Labute approximate surface area is 87.1 Å². The Morgan fingerprint density at radius 3 is 2.87 bits per heavy atom. The highest BCUT2D eigenvalue weighted by Gasteiger charge is 2.01. The summed E-state index contributed by atoms with van der Waals surface area (Å²) in [6.07, 6.45) is 1.81. The minimum atomic E-state index is 0.587. The first-order valence-electron chi connectivity index (χ1n) is 4.74. The van der Waals surface area contributed by atoms with Gasteiger partial charge in [0, 0.05) is 25.4 Å². The largest absolute Gasteiger partial charge is 0.345 e. The van der Waals surface area contributed by atoms with E-state index in [-0.39, 0.29) is 0 Å². The van der Waals surface area contributed by atoms with Gasteiger partial charge in [-0.15, -0.1) is 0 Å². The molecule has 0 unspecified atom stereocenters. The van der Waals surface area contributed by atoms with Crippen LogP contribution >= 0.6 is 0 Å². The van der Waals surface area contributed by atoms with Crippen molar-refractivity contribution in [2.75, 3.05) is 0 Å². The number of aromatic amines is 1. The summed E-state index contributed by atoms with van der Waals surface area (Å²) in [4.78, 5) is 11.3. The van der Waals surface area contributed by atoms with Gasteiger partial charge in [-0.1, -0.05) is 5.16 Å². The molecule has 0 fully saturated rings.